The fourth-order valence-corrected chi connectivity index (χ4v) is 3.51. The average molecular weight is 337 g/mol. The van der Waals surface area contributed by atoms with E-state index in [4.69, 9.17) is 4.74 Å². The average Bonchev–Trinajstić information content (AvgIpc) is 2.80. The topological polar surface area (TPSA) is 46.5 Å². The number of carbonyl (C=O) groups excluding carboxylic acids is 1. The first-order valence-electron chi connectivity index (χ1n) is 6.91. The van der Waals surface area contributed by atoms with Crippen LogP contribution in [0.2, 0.25) is 0 Å². The normalized spacial score (nSPS) is 29.1. The third-order valence-corrected chi connectivity index (χ3v) is 4.77. The van der Waals surface area contributed by atoms with Gasteiger partial charge in [-0.15, -0.1) is 0 Å². The number of hydrogen-bond acceptors (Lipinski definition) is 3. The molecule has 4 heteroatoms. The first-order valence-corrected chi connectivity index (χ1v) is 7.70. The Morgan fingerprint density at radius 1 is 1.50 bits per heavy atom. The molecular formula is C16H17BrO3. The number of carbonyl (C=O) groups is 1. The Bertz CT molecular complexity index is 620. The molecule has 0 saturated carbocycles. The Labute approximate surface area is 126 Å². The fourth-order valence-electron chi connectivity index (χ4n) is 3.10. The Morgan fingerprint density at radius 3 is 2.95 bits per heavy atom. The van der Waals surface area contributed by atoms with Crippen LogP contribution in [0.4, 0.5) is 0 Å². The maximum atomic E-state index is 12.5. The van der Waals surface area contributed by atoms with Gasteiger partial charge in [0.1, 0.15) is 17.5 Å². The Kier molecular flexibility index (Phi) is 3.26. The fraction of sp³-hybridized carbons (Fsp3) is 0.438. The van der Waals surface area contributed by atoms with Crippen molar-refractivity contribution in [3.63, 3.8) is 0 Å². The molecule has 1 N–H and O–H groups in total. The van der Waals surface area contributed by atoms with Gasteiger partial charge in [0.05, 0.1) is 5.57 Å². The minimum Gasteiger partial charge on any atom is -0.508 e. The SMILES string of the molecule is CCc1cc(Br)ccc1C1=C(O)[C@@]2(C)CC[C@@H](O2)C1=O. The lowest BCUT2D eigenvalue weighted by molar-refractivity contribution is -0.130. The highest BCUT2D eigenvalue weighted by Crippen LogP contribution is 2.45. The molecule has 0 amide bonds. The molecule has 20 heavy (non-hydrogen) atoms. The molecule has 2 heterocycles. The van der Waals surface area contributed by atoms with E-state index in [-0.39, 0.29) is 11.5 Å². The molecule has 0 aliphatic carbocycles. The number of ether oxygens (including phenoxy) is 1. The van der Waals surface area contributed by atoms with Crippen LogP contribution < -0.4 is 0 Å². The van der Waals surface area contributed by atoms with E-state index < -0.39 is 11.7 Å². The van der Waals surface area contributed by atoms with Crippen LogP contribution in [0.5, 0.6) is 0 Å². The second-order valence-corrected chi connectivity index (χ2v) is 6.53. The van der Waals surface area contributed by atoms with Gasteiger partial charge < -0.3 is 9.84 Å². The van der Waals surface area contributed by atoms with E-state index in [1.807, 2.05) is 32.0 Å². The van der Waals surface area contributed by atoms with Crippen molar-refractivity contribution in [3.05, 3.63) is 39.6 Å². The van der Waals surface area contributed by atoms with Gasteiger partial charge in [-0.3, -0.25) is 4.79 Å². The molecule has 2 atom stereocenters. The van der Waals surface area contributed by atoms with E-state index in [1.165, 1.54) is 0 Å². The summed E-state index contributed by atoms with van der Waals surface area (Å²) in [6.07, 6.45) is 1.78. The maximum Gasteiger partial charge on any atom is 0.195 e. The smallest absolute Gasteiger partial charge is 0.195 e. The van der Waals surface area contributed by atoms with Gasteiger partial charge in [-0.2, -0.15) is 0 Å². The number of aliphatic hydroxyl groups is 1. The Balaban J connectivity index is 2.20. The van der Waals surface area contributed by atoms with Crippen LogP contribution in [0.3, 0.4) is 0 Å². The van der Waals surface area contributed by atoms with Crippen LogP contribution in [0.1, 0.15) is 37.8 Å². The number of Topliss-reactive ketones (excluding diaryl/α,β-unsaturated/α-hetero) is 1. The highest BCUT2D eigenvalue weighted by molar-refractivity contribution is 9.10. The van der Waals surface area contributed by atoms with E-state index in [0.717, 1.165) is 22.0 Å². The molecule has 2 bridgehead atoms. The van der Waals surface area contributed by atoms with Gasteiger partial charge in [0, 0.05) is 4.47 Å². The number of aliphatic hydroxyl groups excluding tert-OH is 1. The monoisotopic (exact) mass is 336 g/mol. The molecule has 0 radical (unpaired) electrons. The lowest BCUT2D eigenvalue weighted by Crippen LogP contribution is -2.37. The molecule has 0 spiro atoms. The minimum absolute atomic E-state index is 0.0884. The van der Waals surface area contributed by atoms with Crippen molar-refractivity contribution in [2.45, 2.75) is 44.8 Å². The predicted molar refractivity (Wildman–Crippen MR) is 80.6 cm³/mol. The maximum absolute atomic E-state index is 12.5. The van der Waals surface area contributed by atoms with Gasteiger partial charge in [0.25, 0.3) is 0 Å². The van der Waals surface area contributed by atoms with Gasteiger partial charge in [-0.1, -0.05) is 28.9 Å². The van der Waals surface area contributed by atoms with Gasteiger partial charge in [-0.25, -0.2) is 0 Å². The number of rotatable bonds is 2. The van der Waals surface area contributed by atoms with Gasteiger partial charge in [0.15, 0.2) is 5.78 Å². The van der Waals surface area contributed by atoms with Crippen molar-refractivity contribution in [1.82, 2.24) is 0 Å². The van der Waals surface area contributed by atoms with Crippen LogP contribution in [0.25, 0.3) is 5.57 Å². The van der Waals surface area contributed by atoms with E-state index in [9.17, 15) is 9.90 Å². The van der Waals surface area contributed by atoms with Crippen LogP contribution in [0, 0.1) is 0 Å². The first-order chi connectivity index (χ1) is 9.46. The molecule has 3 nitrogen and oxygen atoms in total. The van der Waals surface area contributed by atoms with Crippen LogP contribution >= 0.6 is 15.9 Å². The highest BCUT2D eigenvalue weighted by atomic mass is 79.9. The lowest BCUT2D eigenvalue weighted by atomic mass is 9.88. The zero-order chi connectivity index (χ0) is 14.5. The Hall–Kier alpha value is -1.13. The van der Waals surface area contributed by atoms with Gasteiger partial charge in [0.2, 0.25) is 0 Å². The molecule has 3 rings (SSSR count). The summed E-state index contributed by atoms with van der Waals surface area (Å²) in [4.78, 5) is 12.5. The standard InChI is InChI=1S/C16H17BrO3/c1-3-9-8-10(17)4-5-11(9)13-14(18)12-6-7-16(2,20-12)15(13)19/h4-5,8,12,19H,3,6-7H2,1-2H3/t12-,16-/m1/s1. The largest absolute Gasteiger partial charge is 0.508 e. The molecule has 106 valence electrons. The number of benzene rings is 1. The van der Waals surface area contributed by atoms with Crippen molar-refractivity contribution in [2.24, 2.45) is 0 Å². The van der Waals surface area contributed by atoms with Crippen molar-refractivity contribution in [1.29, 1.82) is 0 Å². The molecule has 2 aliphatic rings. The molecule has 1 aromatic rings. The van der Waals surface area contributed by atoms with E-state index in [0.29, 0.717) is 18.4 Å². The number of aryl methyl sites for hydroxylation is 1. The summed E-state index contributed by atoms with van der Waals surface area (Å²) >= 11 is 3.45. The predicted octanol–water partition coefficient (Wildman–Crippen LogP) is 3.80. The van der Waals surface area contributed by atoms with E-state index >= 15 is 0 Å². The molecule has 1 aromatic carbocycles. The molecule has 2 aliphatic heterocycles. The van der Waals surface area contributed by atoms with Crippen molar-refractivity contribution < 1.29 is 14.6 Å². The van der Waals surface area contributed by atoms with Gasteiger partial charge >= 0.3 is 0 Å². The molecule has 0 unspecified atom stereocenters. The van der Waals surface area contributed by atoms with E-state index in [2.05, 4.69) is 15.9 Å². The van der Waals surface area contributed by atoms with Crippen LogP contribution in [0.15, 0.2) is 28.4 Å². The van der Waals surface area contributed by atoms with E-state index in [1.54, 1.807) is 0 Å². The molecule has 1 fully saturated rings. The first kappa shape index (κ1) is 13.8. The zero-order valence-electron chi connectivity index (χ0n) is 11.6. The third kappa shape index (κ3) is 1.93. The van der Waals surface area contributed by atoms with Crippen molar-refractivity contribution in [3.8, 4) is 0 Å². The van der Waals surface area contributed by atoms with Gasteiger partial charge in [-0.05, 0) is 49.4 Å². The zero-order valence-corrected chi connectivity index (χ0v) is 13.2. The van der Waals surface area contributed by atoms with Crippen molar-refractivity contribution in [2.75, 3.05) is 0 Å². The lowest BCUT2D eigenvalue weighted by Gasteiger charge is -2.31. The summed E-state index contributed by atoms with van der Waals surface area (Å²) in [5.74, 6) is 0.00256. The molecule has 1 saturated heterocycles. The summed E-state index contributed by atoms with van der Waals surface area (Å²) in [6.45, 7) is 3.91. The quantitative estimate of drug-likeness (QED) is 0.893. The summed E-state index contributed by atoms with van der Waals surface area (Å²) in [7, 11) is 0. The number of halogens is 1. The second kappa shape index (κ2) is 4.71. The minimum atomic E-state index is -0.702. The second-order valence-electron chi connectivity index (χ2n) is 5.62. The summed E-state index contributed by atoms with van der Waals surface area (Å²) < 4.78 is 6.67. The summed E-state index contributed by atoms with van der Waals surface area (Å²) in [6, 6.07) is 5.81. The third-order valence-electron chi connectivity index (χ3n) is 4.28. The summed E-state index contributed by atoms with van der Waals surface area (Å²) in [5, 5.41) is 10.5. The summed E-state index contributed by atoms with van der Waals surface area (Å²) in [5.41, 5.74) is 1.64. The van der Waals surface area contributed by atoms with Crippen LogP contribution in [-0.4, -0.2) is 22.6 Å². The number of hydrogen-bond donors (Lipinski definition) is 1. The number of ketones is 1. The number of fused-ring (bicyclic) bond motifs is 2. The van der Waals surface area contributed by atoms with Crippen molar-refractivity contribution >= 4 is 27.3 Å². The Morgan fingerprint density at radius 2 is 2.25 bits per heavy atom. The van der Waals surface area contributed by atoms with Crippen LogP contribution in [-0.2, 0) is 16.0 Å². The molecule has 0 aromatic heterocycles. The highest BCUT2D eigenvalue weighted by Gasteiger charge is 2.50. The molecular weight excluding hydrogens is 320 g/mol.